The van der Waals surface area contributed by atoms with Gasteiger partial charge in [0.2, 0.25) is 5.91 Å². The fourth-order valence-electron chi connectivity index (χ4n) is 3.61. The van der Waals surface area contributed by atoms with Gasteiger partial charge in [-0.2, -0.15) is 0 Å². The quantitative estimate of drug-likeness (QED) is 0.803. The molecule has 3 nitrogen and oxygen atoms in total. The maximum absolute atomic E-state index is 12.3. The summed E-state index contributed by atoms with van der Waals surface area (Å²) in [7, 11) is 0. The Morgan fingerprint density at radius 2 is 2.04 bits per heavy atom. The fraction of sp³-hybridized carbons (Fsp3) is 0.409. The molecule has 0 bridgehead atoms. The molecule has 4 heteroatoms. The molecule has 0 spiro atoms. The molecule has 1 N–H and O–H groups in total. The first-order chi connectivity index (χ1) is 12.5. The number of nitrogens with one attached hydrogen (secondary N) is 1. The molecular weight excluding hydrogens is 344 g/mol. The topological polar surface area (TPSA) is 32.3 Å². The summed E-state index contributed by atoms with van der Waals surface area (Å²) in [6, 6.07) is 16.0. The lowest BCUT2D eigenvalue weighted by atomic mass is 9.99. The van der Waals surface area contributed by atoms with Gasteiger partial charge in [0.25, 0.3) is 0 Å². The summed E-state index contributed by atoms with van der Waals surface area (Å²) in [6.45, 7) is 6.60. The summed E-state index contributed by atoms with van der Waals surface area (Å²) in [4.78, 5) is 14.8. The van der Waals surface area contributed by atoms with Crippen LogP contribution >= 0.6 is 11.6 Å². The average Bonchev–Trinajstić information content (AvgIpc) is 2.61. The molecule has 2 aromatic rings. The van der Waals surface area contributed by atoms with E-state index in [4.69, 9.17) is 11.6 Å². The van der Waals surface area contributed by atoms with Crippen molar-refractivity contribution in [1.82, 2.24) is 5.32 Å². The molecule has 1 amide bonds. The minimum atomic E-state index is -0.0176. The first kappa shape index (κ1) is 18.8. The summed E-state index contributed by atoms with van der Waals surface area (Å²) in [5.74, 6) is 0.766. The van der Waals surface area contributed by atoms with Crippen molar-refractivity contribution in [3.8, 4) is 0 Å². The van der Waals surface area contributed by atoms with Crippen molar-refractivity contribution >= 4 is 23.2 Å². The van der Waals surface area contributed by atoms with Crippen molar-refractivity contribution in [1.29, 1.82) is 0 Å². The van der Waals surface area contributed by atoms with E-state index >= 15 is 0 Å². The van der Waals surface area contributed by atoms with Crippen LogP contribution in [0.25, 0.3) is 0 Å². The van der Waals surface area contributed by atoms with E-state index in [2.05, 4.69) is 41.4 Å². The lowest BCUT2D eigenvalue weighted by molar-refractivity contribution is -0.121. The van der Waals surface area contributed by atoms with Crippen LogP contribution < -0.4 is 10.2 Å². The van der Waals surface area contributed by atoms with Gasteiger partial charge >= 0.3 is 0 Å². The Balaban J connectivity index is 1.57. The number of carbonyl (C=O) groups excluding carboxylic acids is 1. The van der Waals surface area contributed by atoms with Crippen LogP contribution in [0.2, 0.25) is 5.02 Å². The molecule has 1 fully saturated rings. The molecule has 138 valence electrons. The van der Waals surface area contributed by atoms with Crippen LogP contribution in [0, 0.1) is 5.92 Å². The number of benzene rings is 2. The molecule has 26 heavy (non-hydrogen) atoms. The van der Waals surface area contributed by atoms with E-state index in [0.29, 0.717) is 11.4 Å². The highest BCUT2D eigenvalue weighted by Crippen LogP contribution is 2.24. The molecule has 1 heterocycles. The van der Waals surface area contributed by atoms with Crippen LogP contribution in [0.15, 0.2) is 48.5 Å². The summed E-state index contributed by atoms with van der Waals surface area (Å²) < 4.78 is 0. The highest BCUT2D eigenvalue weighted by Gasteiger charge is 2.17. The van der Waals surface area contributed by atoms with Crippen molar-refractivity contribution in [2.45, 2.75) is 39.2 Å². The minimum absolute atomic E-state index is 0.00805. The van der Waals surface area contributed by atoms with Crippen LogP contribution in [0.3, 0.4) is 0 Å². The van der Waals surface area contributed by atoms with Crippen LogP contribution in [-0.4, -0.2) is 19.0 Å². The van der Waals surface area contributed by atoms with E-state index in [0.717, 1.165) is 30.1 Å². The second kappa shape index (κ2) is 8.59. The summed E-state index contributed by atoms with van der Waals surface area (Å²) >= 11 is 5.98. The normalized spacial score (nSPS) is 18.4. The SMILES string of the molecule is C[C@@H]1CCCN(c2ccc([C@H](C)NC(=O)Cc3cccc(Cl)c3)cc2)C1. The van der Waals surface area contributed by atoms with Gasteiger partial charge in [-0.05, 0) is 61.1 Å². The zero-order chi connectivity index (χ0) is 18.5. The number of hydrogen-bond acceptors (Lipinski definition) is 2. The van der Waals surface area contributed by atoms with E-state index in [1.54, 1.807) is 0 Å². The highest BCUT2D eigenvalue weighted by atomic mass is 35.5. The van der Waals surface area contributed by atoms with E-state index < -0.39 is 0 Å². The van der Waals surface area contributed by atoms with E-state index in [1.807, 2.05) is 31.2 Å². The number of halogens is 1. The standard InChI is InChI=1S/C22H27ClN2O/c1-16-5-4-12-25(15-16)21-10-8-19(9-11-21)17(2)24-22(26)14-18-6-3-7-20(23)13-18/h3,6-11,13,16-17H,4-5,12,14-15H2,1-2H3,(H,24,26)/t16-,17+/m1/s1. The molecule has 1 aliphatic heterocycles. The Labute approximate surface area is 161 Å². The third kappa shape index (κ3) is 5.01. The van der Waals surface area contributed by atoms with Gasteiger partial charge in [0.1, 0.15) is 0 Å². The molecule has 2 aromatic carbocycles. The molecule has 2 atom stereocenters. The van der Waals surface area contributed by atoms with Crippen molar-refractivity contribution in [2.24, 2.45) is 5.92 Å². The molecule has 0 saturated carbocycles. The van der Waals surface area contributed by atoms with Gasteiger partial charge in [-0.1, -0.05) is 42.8 Å². The third-order valence-corrected chi connectivity index (χ3v) is 5.28. The Kier molecular flexibility index (Phi) is 6.20. The fourth-order valence-corrected chi connectivity index (χ4v) is 3.82. The summed E-state index contributed by atoms with van der Waals surface area (Å²) in [5.41, 5.74) is 3.33. The van der Waals surface area contributed by atoms with Crippen LogP contribution in [-0.2, 0) is 11.2 Å². The molecule has 0 unspecified atom stereocenters. The molecule has 1 saturated heterocycles. The lowest BCUT2D eigenvalue weighted by Gasteiger charge is -2.33. The summed E-state index contributed by atoms with van der Waals surface area (Å²) in [6.07, 6.45) is 2.93. The van der Waals surface area contributed by atoms with Gasteiger partial charge in [0, 0.05) is 23.8 Å². The number of hydrogen-bond donors (Lipinski definition) is 1. The van der Waals surface area contributed by atoms with Gasteiger partial charge in [-0.25, -0.2) is 0 Å². The van der Waals surface area contributed by atoms with E-state index in [-0.39, 0.29) is 11.9 Å². The molecule has 0 aromatic heterocycles. The first-order valence-corrected chi connectivity index (χ1v) is 9.78. The predicted octanol–water partition coefficient (Wildman–Crippen LogP) is 5.00. The molecule has 0 aliphatic carbocycles. The monoisotopic (exact) mass is 370 g/mol. The second-order valence-electron chi connectivity index (χ2n) is 7.38. The van der Waals surface area contributed by atoms with Gasteiger partial charge < -0.3 is 10.2 Å². The molecule has 0 radical (unpaired) electrons. The van der Waals surface area contributed by atoms with Crippen molar-refractivity contribution in [2.75, 3.05) is 18.0 Å². The summed E-state index contributed by atoms with van der Waals surface area (Å²) in [5, 5.41) is 3.73. The smallest absolute Gasteiger partial charge is 0.224 e. The van der Waals surface area contributed by atoms with Crippen molar-refractivity contribution < 1.29 is 4.79 Å². The van der Waals surface area contributed by atoms with Crippen LogP contribution in [0.4, 0.5) is 5.69 Å². The maximum Gasteiger partial charge on any atom is 0.224 e. The zero-order valence-electron chi connectivity index (χ0n) is 15.5. The first-order valence-electron chi connectivity index (χ1n) is 9.40. The van der Waals surface area contributed by atoms with Crippen LogP contribution in [0.5, 0.6) is 0 Å². The number of anilines is 1. The highest BCUT2D eigenvalue weighted by molar-refractivity contribution is 6.30. The number of carbonyl (C=O) groups is 1. The Morgan fingerprint density at radius 1 is 1.27 bits per heavy atom. The second-order valence-corrected chi connectivity index (χ2v) is 7.82. The van der Waals surface area contributed by atoms with Gasteiger partial charge in [0.15, 0.2) is 0 Å². The average molecular weight is 371 g/mol. The lowest BCUT2D eigenvalue weighted by Crippen LogP contribution is -2.34. The van der Waals surface area contributed by atoms with E-state index in [1.165, 1.54) is 18.5 Å². The Bertz CT molecular complexity index is 744. The predicted molar refractivity (Wildman–Crippen MR) is 109 cm³/mol. The zero-order valence-corrected chi connectivity index (χ0v) is 16.3. The third-order valence-electron chi connectivity index (χ3n) is 5.05. The number of piperidine rings is 1. The van der Waals surface area contributed by atoms with Gasteiger partial charge in [-0.15, -0.1) is 0 Å². The number of nitrogens with zero attached hydrogens (tertiary/aromatic N) is 1. The van der Waals surface area contributed by atoms with E-state index in [9.17, 15) is 4.79 Å². The maximum atomic E-state index is 12.3. The van der Waals surface area contributed by atoms with Crippen molar-refractivity contribution in [3.63, 3.8) is 0 Å². The largest absolute Gasteiger partial charge is 0.371 e. The number of amides is 1. The molecule has 3 rings (SSSR count). The molecular formula is C22H27ClN2O. The minimum Gasteiger partial charge on any atom is -0.371 e. The van der Waals surface area contributed by atoms with Crippen molar-refractivity contribution in [3.05, 3.63) is 64.7 Å². The van der Waals surface area contributed by atoms with Crippen LogP contribution in [0.1, 0.15) is 43.9 Å². The Hall–Kier alpha value is -2.00. The van der Waals surface area contributed by atoms with Gasteiger partial charge in [0.05, 0.1) is 12.5 Å². The Morgan fingerprint density at radius 3 is 2.73 bits per heavy atom. The van der Waals surface area contributed by atoms with Gasteiger partial charge in [-0.3, -0.25) is 4.79 Å². The molecule has 1 aliphatic rings. The number of rotatable bonds is 5.